The predicted octanol–water partition coefficient (Wildman–Crippen LogP) is 0.540. The molecule has 9 heteroatoms. The number of hydrogen-bond donors (Lipinski definition) is 4. The first-order valence-corrected chi connectivity index (χ1v) is 11.5. The molecule has 2 saturated carbocycles. The molecule has 27 heavy (non-hydrogen) atoms. The largest absolute Gasteiger partial charge is 0.383 e. The van der Waals surface area contributed by atoms with Crippen molar-refractivity contribution in [2.24, 2.45) is 11.1 Å². The first-order valence-electron chi connectivity index (χ1n) is 9.98. The van der Waals surface area contributed by atoms with Crippen LogP contribution in [0.1, 0.15) is 71.1 Å². The van der Waals surface area contributed by atoms with E-state index < -0.39 is 26.8 Å². The topological polar surface area (TPSA) is 139 Å². The third-order valence-electron chi connectivity index (χ3n) is 6.00. The number of aliphatic hydroxyl groups is 1. The second-order valence-electron chi connectivity index (χ2n) is 7.99. The number of carbonyl (C=O) groups is 2. The highest BCUT2D eigenvalue weighted by Crippen LogP contribution is 2.38. The Balaban J connectivity index is 1.72. The number of unbranched alkanes of at least 4 members (excludes halogenated alkanes) is 1. The summed E-state index contributed by atoms with van der Waals surface area (Å²) in [6.07, 6.45) is 5.80. The molecule has 2 aliphatic rings. The van der Waals surface area contributed by atoms with Crippen molar-refractivity contribution in [2.45, 2.75) is 88.0 Å². The summed E-state index contributed by atoms with van der Waals surface area (Å²) >= 11 is 0. The van der Waals surface area contributed by atoms with Gasteiger partial charge in [0.1, 0.15) is 6.10 Å². The minimum atomic E-state index is -3.90. The Labute approximate surface area is 161 Å². The first kappa shape index (κ1) is 22.1. The van der Waals surface area contributed by atoms with Gasteiger partial charge in [-0.3, -0.25) is 9.59 Å². The molecule has 2 amide bonds. The van der Waals surface area contributed by atoms with Crippen LogP contribution in [0.2, 0.25) is 0 Å². The Morgan fingerprint density at radius 3 is 2.33 bits per heavy atom. The molecule has 0 bridgehead atoms. The van der Waals surface area contributed by atoms with Crippen LogP contribution in [0.4, 0.5) is 0 Å². The van der Waals surface area contributed by atoms with Gasteiger partial charge in [0, 0.05) is 12.6 Å². The van der Waals surface area contributed by atoms with Gasteiger partial charge in [0.2, 0.25) is 21.8 Å². The van der Waals surface area contributed by atoms with Gasteiger partial charge in [-0.2, -0.15) is 0 Å². The molecule has 0 radical (unpaired) electrons. The zero-order valence-corrected chi connectivity index (χ0v) is 16.9. The molecule has 2 aliphatic carbocycles. The van der Waals surface area contributed by atoms with Crippen LogP contribution >= 0.6 is 0 Å². The van der Waals surface area contributed by atoms with E-state index in [0.717, 1.165) is 38.5 Å². The number of primary sulfonamides is 1. The van der Waals surface area contributed by atoms with Gasteiger partial charge in [0.15, 0.2) is 4.75 Å². The van der Waals surface area contributed by atoms with E-state index in [1.165, 1.54) is 0 Å². The van der Waals surface area contributed by atoms with Crippen LogP contribution in [-0.2, 0) is 19.6 Å². The molecular weight excluding hydrogens is 370 g/mol. The molecule has 0 aromatic heterocycles. The van der Waals surface area contributed by atoms with E-state index in [2.05, 4.69) is 10.6 Å². The molecule has 0 aliphatic heterocycles. The van der Waals surface area contributed by atoms with Crippen molar-refractivity contribution in [3.63, 3.8) is 0 Å². The summed E-state index contributed by atoms with van der Waals surface area (Å²) in [5, 5.41) is 20.8. The number of nitrogens with one attached hydrogen (secondary N) is 2. The summed E-state index contributed by atoms with van der Waals surface area (Å²) in [7, 11) is -3.90. The van der Waals surface area contributed by atoms with Gasteiger partial charge >= 0.3 is 0 Å². The highest BCUT2D eigenvalue weighted by molar-refractivity contribution is 7.91. The Morgan fingerprint density at radius 1 is 1.22 bits per heavy atom. The second-order valence-corrected chi connectivity index (χ2v) is 9.86. The first-order chi connectivity index (χ1) is 12.7. The number of aliphatic hydroxyl groups excluding tert-OH is 1. The summed E-state index contributed by atoms with van der Waals surface area (Å²) < 4.78 is 22.1. The molecular formula is C18H33N3O5S. The van der Waals surface area contributed by atoms with Crippen molar-refractivity contribution in [1.29, 1.82) is 0 Å². The van der Waals surface area contributed by atoms with E-state index in [1.54, 1.807) is 0 Å². The van der Waals surface area contributed by atoms with E-state index >= 15 is 0 Å². The van der Waals surface area contributed by atoms with Gasteiger partial charge in [-0.25, -0.2) is 13.6 Å². The maximum atomic E-state index is 12.4. The predicted molar refractivity (Wildman–Crippen MR) is 102 cm³/mol. The summed E-state index contributed by atoms with van der Waals surface area (Å²) in [6.45, 7) is 2.44. The zero-order valence-electron chi connectivity index (χ0n) is 16.1. The quantitative estimate of drug-likeness (QED) is 0.445. The van der Waals surface area contributed by atoms with Crippen LogP contribution in [0.25, 0.3) is 0 Å². The van der Waals surface area contributed by atoms with Gasteiger partial charge in [-0.05, 0) is 57.3 Å². The highest BCUT2D eigenvalue weighted by Gasteiger charge is 2.53. The smallest absolute Gasteiger partial charge is 0.249 e. The standard InChI is InChI=1S/C18H33N3O5S/c1-2-3-5-15(22)16(23)21-14-8-6-13(7-9-14)12-20-17(24)18(10-4-11-18)27(19,25)26/h13-15,22H,2-12H2,1H3,(H,20,24)(H,21,23)(H2,19,25,26). The van der Waals surface area contributed by atoms with E-state index in [1.807, 2.05) is 6.92 Å². The summed E-state index contributed by atoms with van der Waals surface area (Å²) in [5.74, 6) is -0.532. The van der Waals surface area contributed by atoms with Gasteiger partial charge in [0.05, 0.1) is 0 Å². The summed E-state index contributed by atoms with van der Waals surface area (Å²) in [5.41, 5.74) is 0. The Kier molecular flexibility index (Phi) is 7.64. The fourth-order valence-corrected chi connectivity index (χ4v) is 5.06. The van der Waals surface area contributed by atoms with Crippen molar-refractivity contribution in [2.75, 3.05) is 6.54 Å². The lowest BCUT2D eigenvalue weighted by molar-refractivity contribution is -0.130. The fraction of sp³-hybridized carbons (Fsp3) is 0.889. The number of amides is 2. The molecule has 0 aromatic rings. The summed E-state index contributed by atoms with van der Waals surface area (Å²) in [4.78, 5) is 24.3. The zero-order chi connectivity index (χ0) is 20.1. The SMILES string of the molecule is CCCCC(O)C(=O)NC1CCC(CNC(=O)C2(S(N)(=O)=O)CCC2)CC1. The maximum absolute atomic E-state index is 12.4. The van der Waals surface area contributed by atoms with Crippen molar-refractivity contribution < 1.29 is 23.1 Å². The van der Waals surface area contributed by atoms with E-state index in [4.69, 9.17) is 5.14 Å². The molecule has 2 rings (SSSR count). The normalized spacial score (nSPS) is 25.9. The summed E-state index contributed by atoms with van der Waals surface area (Å²) in [6, 6.07) is 0.0446. The molecule has 5 N–H and O–H groups in total. The van der Waals surface area contributed by atoms with E-state index in [0.29, 0.717) is 19.4 Å². The van der Waals surface area contributed by atoms with Gasteiger partial charge in [0.25, 0.3) is 0 Å². The average Bonchev–Trinajstić information content (AvgIpc) is 2.56. The molecule has 0 saturated heterocycles. The lowest BCUT2D eigenvalue weighted by atomic mass is 9.82. The van der Waals surface area contributed by atoms with E-state index in [9.17, 15) is 23.1 Å². The van der Waals surface area contributed by atoms with Crippen molar-refractivity contribution in [3.05, 3.63) is 0 Å². The molecule has 0 aromatic carbocycles. The van der Waals surface area contributed by atoms with Crippen LogP contribution in [-0.4, -0.2) is 48.8 Å². The third kappa shape index (κ3) is 5.42. The monoisotopic (exact) mass is 403 g/mol. The number of hydrogen-bond acceptors (Lipinski definition) is 5. The number of sulfonamides is 1. The third-order valence-corrected chi connectivity index (χ3v) is 7.68. The molecule has 1 atom stereocenters. The van der Waals surface area contributed by atoms with Gasteiger partial charge in [-0.1, -0.05) is 19.8 Å². The van der Waals surface area contributed by atoms with Gasteiger partial charge in [-0.15, -0.1) is 0 Å². The number of carbonyl (C=O) groups excluding carboxylic acids is 2. The van der Waals surface area contributed by atoms with Crippen molar-refractivity contribution in [1.82, 2.24) is 10.6 Å². The number of nitrogens with two attached hydrogens (primary N) is 1. The van der Waals surface area contributed by atoms with Crippen LogP contribution in [0.15, 0.2) is 0 Å². The fourth-order valence-electron chi connectivity index (χ4n) is 3.87. The molecule has 8 nitrogen and oxygen atoms in total. The minimum absolute atomic E-state index is 0.0446. The molecule has 0 spiro atoms. The van der Waals surface area contributed by atoms with E-state index in [-0.39, 0.29) is 30.7 Å². The Bertz CT molecular complexity index is 625. The Hall–Kier alpha value is -1.19. The molecule has 0 heterocycles. The van der Waals surface area contributed by atoms with Crippen LogP contribution in [0.3, 0.4) is 0 Å². The second kappa shape index (κ2) is 9.34. The van der Waals surface area contributed by atoms with Gasteiger partial charge < -0.3 is 15.7 Å². The van der Waals surface area contributed by atoms with Crippen LogP contribution < -0.4 is 15.8 Å². The minimum Gasteiger partial charge on any atom is -0.383 e. The molecule has 156 valence electrons. The number of rotatable bonds is 9. The lowest BCUT2D eigenvalue weighted by Crippen LogP contribution is -2.59. The average molecular weight is 404 g/mol. The van der Waals surface area contributed by atoms with Crippen LogP contribution in [0, 0.1) is 5.92 Å². The Morgan fingerprint density at radius 2 is 1.85 bits per heavy atom. The lowest BCUT2D eigenvalue weighted by Gasteiger charge is -2.38. The van der Waals surface area contributed by atoms with Crippen molar-refractivity contribution in [3.8, 4) is 0 Å². The van der Waals surface area contributed by atoms with Crippen molar-refractivity contribution >= 4 is 21.8 Å². The maximum Gasteiger partial charge on any atom is 0.249 e. The van der Waals surface area contributed by atoms with Crippen LogP contribution in [0.5, 0.6) is 0 Å². The molecule has 1 unspecified atom stereocenters. The highest BCUT2D eigenvalue weighted by atomic mass is 32.2. The molecule has 2 fully saturated rings.